The quantitative estimate of drug-likeness (QED) is 0.568. The van der Waals surface area contributed by atoms with Crippen molar-refractivity contribution in [2.75, 3.05) is 0 Å². The van der Waals surface area contributed by atoms with Crippen LogP contribution in [-0.2, 0) is 12.8 Å². The second-order valence-electron chi connectivity index (χ2n) is 7.07. The van der Waals surface area contributed by atoms with Gasteiger partial charge in [0.25, 0.3) is 0 Å². The normalized spacial score (nSPS) is 9.33. The molecule has 3 aromatic rings. The first-order chi connectivity index (χ1) is 14.6. The van der Waals surface area contributed by atoms with E-state index in [9.17, 15) is 10.5 Å². The molecule has 0 unspecified atom stereocenters. The van der Waals surface area contributed by atoms with E-state index < -0.39 is 0 Å². The van der Waals surface area contributed by atoms with Crippen LogP contribution in [-0.4, -0.2) is 0 Å². The van der Waals surface area contributed by atoms with Crippen molar-refractivity contribution in [3.8, 4) is 35.8 Å². The van der Waals surface area contributed by atoms with E-state index in [1.165, 1.54) is 11.1 Å². The minimum Gasteiger partial charge on any atom is -0.198 e. The summed E-state index contributed by atoms with van der Waals surface area (Å²) in [6.45, 7) is 4.07. The minimum atomic E-state index is 0.238. The fourth-order valence-electron chi connectivity index (χ4n) is 2.94. The van der Waals surface area contributed by atoms with E-state index in [0.29, 0.717) is 0 Å². The zero-order valence-electron chi connectivity index (χ0n) is 17.1. The van der Waals surface area contributed by atoms with E-state index in [1.807, 2.05) is 74.5 Å². The summed E-state index contributed by atoms with van der Waals surface area (Å²) in [5, 5.41) is 18.5. The van der Waals surface area contributed by atoms with Crippen LogP contribution in [0.3, 0.4) is 0 Å². The lowest BCUT2D eigenvalue weighted by atomic mass is 9.95. The maximum absolute atomic E-state index is 9.23. The summed E-state index contributed by atoms with van der Waals surface area (Å²) in [5.41, 5.74) is 7.37. The Kier molecular flexibility index (Phi) is 6.70. The summed E-state index contributed by atoms with van der Waals surface area (Å²) in [6, 6.07) is 24.2. The van der Waals surface area contributed by atoms with Gasteiger partial charge in [0.1, 0.15) is 0 Å². The fraction of sp³-hybridized carbons (Fsp3) is 0.143. The third-order valence-electron chi connectivity index (χ3n) is 4.65. The first kappa shape index (κ1) is 20.5. The molecule has 0 saturated heterocycles. The van der Waals surface area contributed by atoms with E-state index >= 15 is 0 Å². The Morgan fingerprint density at radius 1 is 0.567 bits per heavy atom. The van der Waals surface area contributed by atoms with E-state index in [1.54, 1.807) is 0 Å². The molecule has 2 heteroatoms. The van der Waals surface area contributed by atoms with Crippen LogP contribution in [0.2, 0.25) is 0 Å². The zero-order chi connectivity index (χ0) is 21.3. The Bertz CT molecular complexity index is 1160. The number of nitriles is 2. The van der Waals surface area contributed by atoms with Gasteiger partial charge in [-0.25, -0.2) is 0 Å². The molecule has 0 aliphatic rings. The highest BCUT2D eigenvalue weighted by atomic mass is 14.2. The molecule has 0 fully saturated rings. The topological polar surface area (TPSA) is 47.6 Å². The SMILES string of the molecule is Cc1ccc(C#Cc2cc(C#Cc3ccc(C)cc3)c(CC#N)cc2CC#N)cc1. The zero-order valence-corrected chi connectivity index (χ0v) is 17.1. The molecular formula is C28H20N2. The monoisotopic (exact) mass is 384 g/mol. The molecule has 3 rings (SSSR count). The van der Waals surface area contributed by atoms with Gasteiger partial charge in [-0.2, -0.15) is 10.5 Å². The van der Waals surface area contributed by atoms with Gasteiger partial charge in [0.2, 0.25) is 0 Å². The summed E-state index contributed by atoms with van der Waals surface area (Å²) in [4.78, 5) is 0. The van der Waals surface area contributed by atoms with Crippen molar-refractivity contribution < 1.29 is 0 Å². The molecule has 0 N–H and O–H groups in total. The fourth-order valence-corrected chi connectivity index (χ4v) is 2.94. The highest BCUT2D eigenvalue weighted by Crippen LogP contribution is 2.18. The number of hydrogen-bond donors (Lipinski definition) is 0. The van der Waals surface area contributed by atoms with Gasteiger partial charge in [-0.1, -0.05) is 65.1 Å². The second kappa shape index (κ2) is 9.80. The maximum Gasteiger partial charge on any atom is 0.0670 e. The predicted octanol–water partition coefficient (Wildman–Crippen LogP) is 5.24. The summed E-state index contributed by atoms with van der Waals surface area (Å²) in [7, 11) is 0. The Morgan fingerprint density at radius 3 is 1.33 bits per heavy atom. The van der Waals surface area contributed by atoms with Crippen LogP contribution in [0.25, 0.3) is 0 Å². The van der Waals surface area contributed by atoms with Gasteiger partial charge in [-0.3, -0.25) is 0 Å². The van der Waals surface area contributed by atoms with Crippen molar-refractivity contribution in [1.29, 1.82) is 10.5 Å². The molecule has 0 amide bonds. The number of hydrogen-bond acceptors (Lipinski definition) is 2. The van der Waals surface area contributed by atoms with E-state index in [4.69, 9.17) is 0 Å². The molecule has 0 spiro atoms. The number of benzene rings is 3. The van der Waals surface area contributed by atoms with Crippen LogP contribution in [0.4, 0.5) is 0 Å². The first-order valence-electron chi connectivity index (χ1n) is 9.66. The molecule has 30 heavy (non-hydrogen) atoms. The van der Waals surface area contributed by atoms with Crippen LogP contribution in [0, 0.1) is 60.2 Å². The van der Waals surface area contributed by atoms with Gasteiger partial charge in [-0.05, 0) is 55.3 Å². The van der Waals surface area contributed by atoms with Crippen molar-refractivity contribution in [1.82, 2.24) is 0 Å². The largest absolute Gasteiger partial charge is 0.198 e. The smallest absolute Gasteiger partial charge is 0.0670 e. The summed E-state index contributed by atoms with van der Waals surface area (Å²) in [5.74, 6) is 12.7. The lowest BCUT2D eigenvalue weighted by molar-refractivity contribution is 1.18. The third-order valence-corrected chi connectivity index (χ3v) is 4.65. The van der Waals surface area contributed by atoms with Gasteiger partial charge in [0, 0.05) is 22.3 Å². The van der Waals surface area contributed by atoms with Crippen LogP contribution >= 0.6 is 0 Å². The molecule has 0 heterocycles. The molecule has 142 valence electrons. The molecule has 0 aliphatic heterocycles. The molecule has 2 nitrogen and oxygen atoms in total. The molecule has 0 radical (unpaired) electrons. The first-order valence-corrected chi connectivity index (χ1v) is 9.66. The number of aryl methyl sites for hydroxylation is 2. The lowest BCUT2D eigenvalue weighted by Gasteiger charge is -2.07. The van der Waals surface area contributed by atoms with Crippen LogP contribution < -0.4 is 0 Å². The number of nitrogens with zero attached hydrogens (tertiary/aromatic N) is 2. The highest BCUT2D eigenvalue weighted by molar-refractivity contribution is 5.56. The van der Waals surface area contributed by atoms with Crippen molar-refractivity contribution in [2.45, 2.75) is 26.7 Å². The summed E-state index contributed by atoms with van der Waals surface area (Å²) in [6.07, 6.45) is 0.476. The Balaban J connectivity index is 2.06. The van der Waals surface area contributed by atoms with Crippen LogP contribution in [0.15, 0.2) is 60.7 Å². The van der Waals surface area contributed by atoms with Crippen LogP contribution in [0.5, 0.6) is 0 Å². The van der Waals surface area contributed by atoms with E-state index in [-0.39, 0.29) is 12.8 Å². The molecule has 3 aromatic carbocycles. The van der Waals surface area contributed by atoms with Crippen molar-refractivity contribution >= 4 is 0 Å². The maximum atomic E-state index is 9.23. The van der Waals surface area contributed by atoms with E-state index in [0.717, 1.165) is 33.4 Å². The van der Waals surface area contributed by atoms with Gasteiger partial charge in [0.05, 0.1) is 25.0 Å². The molecule has 0 atom stereocenters. The van der Waals surface area contributed by atoms with E-state index in [2.05, 4.69) is 35.8 Å². The molecule has 0 bridgehead atoms. The lowest BCUT2D eigenvalue weighted by Crippen LogP contribution is -1.97. The van der Waals surface area contributed by atoms with Crippen LogP contribution in [0.1, 0.15) is 44.5 Å². The summed E-state index contributed by atoms with van der Waals surface area (Å²) < 4.78 is 0. The van der Waals surface area contributed by atoms with Gasteiger partial charge in [-0.15, -0.1) is 0 Å². The second-order valence-corrected chi connectivity index (χ2v) is 7.07. The minimum absolute atomic E-state index is 0.238. The van der Waals surface area contributed by atoms with Crippen molar-refractivity contribution in [3.05, 3.63) is 105 Å². The Hall–Kier alpha value is -4.24. The highest BCUT2D eigenvalue weighted by Gasteiger charge is 2.08. The Morgan fingerprint density at radius 2 is 0.967 bits per heavy atom. The molecule has 0 saturated carbocycles. The summed E-state index contributed by atoms with van der Waals surface area (Å²) >= 11 is 0. The van der Waals surface area contributed by atoms with Gasteiger partial charge >= 0.3 is 0 Å². The number of rotatable bonds is 2. The molecule has 0 aliphatic carbocycles. The molecule has 0 aromatic heterocycles. The average molecular weight is 384 g/mol. The standard InChI is InChI=1S/C28H20N2/c1-21-3-7-23(8-4-21)11-13-25-19-26(14-12-24-9-5-22(2)6-10-24)28(16-18-30)20-27(25)15-17-29/h3-10,19-20H,15-16H2,1-2H3. The average Bonchev–Trinajstić information content (AvgIpc) is 2.75. The predicted molar refractivity (Wildman–Crippen MR) is 119 cm³/mol. The van der Waals surface area contributed by atoms with Crippen molar-refractivity contribution in [3.63, 3.8) is 0 Å². The molecular weight excluding hydrogens is 364 g/mol. The third kappa shape index (κ3) is 5.40. The Labute approximate surface area is 178 Å². The van der Waals surface area contributed by atoms with Gasteiger partial charge < -0.3 is 0 Å². The van der Waals surface area contributed by atoms with Crippen molar-refractivity contribution in [2.24, 2.45) is 0 Å². The van der Waals surface area contributed by atoms with Gasteiger partial charge in [0.15, 0.2) is 0 Å².